The van der Waals surface area contributed by atoms with Gasteiger partial charge in [-0.3, -0.25) is 0 Å². The Morgan fingerprint density at radius 3 is 2.53 bits per heavy atom. The molecule has 0 aromatic heterocycles. The highest BCUT2D eigenvalue weighted by Gasteiger charge is 2.04. The quantitative estimate of drug-likeness (QED) is 0.733. The van der Waals surface area contributed by atoms with E-state index in [0.717, 1.165) is 5.69 Å². The lowest BCUT2D eigenvalue weighted by molar-refractivity contribution is 0.211. The summed E-state index contributed by atoms with van der Waals surface area (Å²) in [4.78, 5) is 10.6. The fourth-order valence-corrected chi connectivity index (χ4v) is 1.66. The van der Waals surface area contributed by atoms with Gasteiger partial charge in [-0.2, -0.15) is 0 Å². The van der Waals surface area contributed by atoms with Gasteiger partial charge in [-0.1, -0.05) is 30.3 Å². The molecule has 5 heteroatoms. The van der Waals surface area contributed by atoms with Crippen molar-refractivity contribution in [2.75, 3.05) is 11.1 Å². The topological polar surface area (TPSA) is 90.4 Å². The number of hydrogen-bond acceptors (Lipinski definition) is 4. The fraction of sp³-hybridized carbons (Fsp3) is 0.0714. The van der Waals surface area contributed by atoms with E-state index in [0.29, 0.717) is 12.2 Å². The summed E-state index contributed by atoms with van der Waals surface area (Å²) in [5, 5.41) is 3.23. The van der Waals surface area contributed by atoms with Crippen molar-refractivity contribution in [1.29, 1.82) is 0 Å². The standard InChI is InChI=1S/C14H15N3O2/c15-12-8-11(6-7-13(12)19-14(16)18)17-9-10-4-2-1-3-5-10/h1-8,17H,9,15H2,(H2,16,18). The van der Waals surface area contributed by atoms with Crippen LogP contribution in [0.5, 0.6) is 5.75 Å². The minimum Gasteiger partial charge on any atom is -0.408 e. The van der Waals surface area contributed by atoms with E-state index in [1.807, 2.05) is 30.3 Å². The lowest BCUT2D eigenvalue weighted by Crippen LogP contribution is -2.17. The van der Waals surface area contributed by atoms with E-state index in [-0.39, 0.29) is 5.75 Å². The third kappa shape index (κ3) is 3.64. The molecule has 0 fully saturated rings. The van der Waals surface area contributed by atoms with Crippen molar-refractivity contribution in [1.82, 2.24) is 0 Å². The maximum absolute atomic E-state index is 10.6. The fourth-order valence-electron chi connectivity index (χ4n) is 1.66. The number of rotatable bonds is 4. The highest BCUT2D eigenvalue weighted by atomic mass is 16.5. The smallest absolute Gasteiger partial charge is 0.408 e. The first-order valence-corrected chi connectivity index (χ1v) is 5.80. The van der Waals surface area contributed by atoms with Gasteiger partial charge in [0.1, 0.15) is 0 Å². The lowest BCUT2D eigenvalue weighted by atomic mass is 10.2. The van der Waals surface area contributed by atoms with E-state index in [4.69, 9.17) is 16.2 Å². The number of benzene rings is 2. The maximum Gasteiger partial charge on any atom is 0.410 e. The number of carbonyl (C=O) groups excluding carboxylic acids is 1. The molecule has 2 aromatic carbocycles. The van der Waals surface area contributed by atoms with Gasteiger partial charge >= 0.3 is 6.09 Å². The summed E-state index contributed by atoms with van der Waals surface area (Å²) in [6.45, 7) is 0.691. The van der Waals surface area contributed by atoms with Crippen molar-refractivity contribution in [3.05, 3.63) is 54.1 Å². The second-order valence-electron chi connectivity index (χ2n) is 4.01. The number of anilines is 2. The van der Waals surface area contributed by atoms with Crippen LogP contribution >= 0.6 is 0 Å². The van der Waals surface area contributed by atoms with Gasteiger partial charge in [0, 0.05) is 12.2 Å². The van der Waals surface area contributed by atoms with Crippen molar-refractivity contribution in [2.24, 2.45) is 5.73 Å². The zero-order valence-electron chi connectivity index (χ0n) is 10.3. The average molecular weight is 257 g/mol. The van der Waals surface area contributed by atoms with Gasteiger partial charge in [-0.15, -0.1) is 0 Å². The predicted molar refractivity (Wildman–Crippen MR) is 74.8 cm³/mol. The summed E-state index contributed by atoms with van der Waals surface area (Å²) in [5.41, 5.74) is 13.1. The van der Waals surface area contributed by atoms with Crippen LogP contribution in [0.25, 0.3) is 0 Å². The molecule has 0 atom stereocenters. The summed E-state index contributed by atoms with van der Waals surface area (Å²) >= 11 is 0. The van der Waals surface area contributed by atoms with Gasteiger partial charge in [-0.05, 0) is 23.8 Å². The Morgan fingerprint density at radius 2 is 1.89 bits per heavy atom. The van der Waals surface area contributed by atoms with Crippen molar-refractivity contribution < 1.29 is 9.53 Å². The molecule has 1 amide bonds. The molecule has 0 spiro atoms. The molecule has 2 aromatic rings. The van der Waals surface area contributed by atoms with Crippen LogP contribution in [0.15, 0.2) is 48.5 Å². The molecule has 0 aliphatic heterocycles. The molecular weight excluding hydrogens is 242 g/mol. The molecule has 0 aliphatic carbocycles. The summed E-state index contributed by atoms with van der Waals surface area (Å²) < 4.78 is 4.75. The molecule has 0 saturated heterocycles. The molecule has 0 unspecified atom stereocenters. The Hall–Kier alpha value is -2.69. The molecule has 5 nitrogen and oxygen atoms in total. The minimum absolute atomic E-state index is 0.262. The molecule has 0 saturated carbocycles. The molecule has 2 rings (SSSR count). The predicted octanol–water partition coefficient (Wildman–Crippen LogP) is 2.34. The van der Waals surface area contributed by atoms with Gasteiger partial charge in [0.15, 0.2) is 5.75 Å². The Morgan fingerprint density at radius 1 is 1.16 bits per heavy atom. The summed E-state index contributed by atoms with van der Waals surface area (Å²) in [6, 6.07) is 15.1. The van der Waals surface area contributed by atoms with E-state index >= 15 is 0 Å². The summed E-state index contributed by atoms with van der Waals surface area (Å²) in [5.74, 6) is 0.262. The Labute approximate surface area is 111 Å². The van der Waals surface area contributed by atoms with E-state index in [2.05, 4.69) is 5.32 Å². The van der Waals surface area contributed by atoms with Crippen LogP contribution < -0.4 is 21.5 Å². The highest BCUT2D eigenvalue weighted by Crippen LogP contribution is 2.25. The van der Waals surface area contributed by atoms with E-state index in [1.54, 1.807) is 18.2 Å². The van der Waals surface area contributed by atoms with Crippen LogP contribution in [0, 0.1) is 0 Å². The number of nitrogen functional groups attached to an aromatic ring is 1. The van der Waals surface area contributed by atoms with Gasteiger partial charge in [-0.25, -0.2) is 4.79 Å². The van der Waals surface area contributed by atoms with Crippen LogP contribution in [0.1, 0.15) is 5.56 Å². The first-order valence-electron chi connectivity index (χ1n) is 5.80. The molecular formula is C14H15N3O2. The largest absolute Gasteiger partial charge is 0.410 e. The third-order valence-electron chi connectivity index (χ3n) is 2.56. The monoisotopic (exact) mass is 257 g/mol. The summed E-state index contributed by atoms with van der Waals surface area (Å²) in [6.07, 6.45) is -0.878. The maximum atomic E-state index is 10.6. The van der Waals surface area contributed by atoms with Crippen LogP contribution in [-0.2, 0) is 6.54 Å². The van der Waals surface area contributed by atoms with Crippen LogP contribution in [0.3, 0.4) is 0 Å². The van der Waals surface area contributed by atoms with Crippen LogP contribution in [0.2, 0.25) is 0 Å². The number of nitrogens with two attached hydrogens (primary N) is 2. The molecule has 0 bridgehead atoms. The molecule has 0 heterocycles. The van der Waals surface area contributed by atoms with Crippen LogP contribution in [-0.4, -0.2) is 6.09 Å². The molecule has 0 aliphatic rings. The lowest BCUT2D eigenvalue weighted by Gasteiger charge is -2.09. The zero-order chi connectivity index (χ0) is 13.7. The third-order valence-corrected chi connectivity index (χ3v) is 2.56. The minimum atomic E-state index is -0.878. The Balaban J connectivity index is 2.02. The van der Waals surface area contributed by atoms with Crippen LogP contribution in [0.4, 0.5) is 16.2 Å². The molecule has 98 valence electrons. The van der Waals surface area contributed by atoms with Crippen molar-refractivity contribution >= 4 is 17.5 Å². The number of amides is 1. The van der Waals surface area contributed by atoms with Gasteiger partial charge in [0.25, 0.3) is 0 Å². The number of hydrogen-bond donors (Lipinski definition) is 3. The highest BCUT2D eigenvalue weighted by molar-refractivity contribution is 5.72. The second kappa shape index (κ2) is 5.77. The first kappa shape index (κ1) is 12.8. The molecule has 0 radical (unpaired) electrons. The second-order valence-corrected chi connectivity index (χ2v) is 4.01. The van der Waals surface area contributed by atoms with Crippen molar-refractivity contribution in [3.63, 3.8) is 0 Å². The van der Waals surface area contributed by atoms with E-state index in [1.165, 1.54) is 5.56 Å². The van der Waals surface area contributed by atoms with Crippen molar-refractivity contribution in [2.45, 2.75) is 6.54 Å². The average Bonchev–Trinajstić information content (AvgIpc) is 2.40. The number of carbonyl (C=O) groups is 1. The SMILES string of the molecule is NC(=O)Oc1ccc(NCc2ccccc2)cc1N. The molecule has 5 N–H and O–H groups in total. The normalized spacial score (nSPS) is 9.89. The van der Waals surface area contributed by atoms with Gasteiger partial charge in [0.2, 0.25) is 0 Å². The Kier molecular flexibility index (Phi) is 3.87. The van der Waals surface area contributed by atoms with E-state index < -0.39 is 6.09 Å². The van der Waals surface area contributed by atoms with Crippen molar-refractivity contribution in [3.8, 4) is 5.75 Å². The number of ether oxygens (including phenoxy) is 1. The first-order chi connectivity index (χ1) is 9.15. The zero-order valence-corrected chi connectivity index (χ0v) is 10.3. The number of primary amides is 1. The van der Waals surface area contributed by atoms with Gasteiger partial charge in [0.05, 0.1) is 5.69 Å². The Bertz CT molecular complexity index is 570. The number of nitrogens with one attached hydrogen (secondary N) is 1. The van der Waals surface area contributed by atoms with Gasteiger partial charge < -0.3 is 21.5 Å². The molecule has 19 heavy (non-hydrogen) atoms. The summed E-state index contributed by atoms with van der Waals surface area (Å²) in [7, 11) is 0. The van der Waals surface area contributed by atoms with E-state index in [9.17, 15) is 4.79 Å².